The molecule has 15 heavy (non-hydrogen) atoms. The summed E-state index contributed by atoms with van der Waals surface area (Å²) in [6.07, 6.45) is 1.58. The molecule has 0 fully saturated rings. The minimum absolute atomic E-state index is 0.0706. The quantitative estimate of drug-likeness (QED) is 0.812. The van der Waals surface area contributed by atoms with Crippen molar-refractivity contribution in [3.8, 4) is 11.4 Å². The zero-order chi connectivity index (χ0) is 10.8. The van der Waals surface area contributed by atoms with Crippen LogP contribution in [0.2, 0.25) is 0 Å². The topological polar surface area (TPSA) is 38.0 Å². The Balaban J connectivity index is 2.49. The highest BCUT2D eigenvalue weighted by Crippen LogP contribution is 2.19. The van der Waals surface area contributed by atoms with E-state index in [1.807, 2.05) is 0 Å². The first-order valence-electron chi connectivity index (χ1n) is 4.60. The lowest BCUT2D eigenvalue weighted by Crippen LogP contribution is -1.98. The van der Waals surface area contributed by atoms with E-state index in [0.717, 1.165) is 0 Å². The Morgan fingerprint density at radius 3 is 2.87 bits per heavy atom. The van der Waals surface area contributed by atoms with Crippen molar-refractivity contribution in [2.24, 2.45) is 7.05 Å². The first-order valence-corrected chi connectivity index (χ1v) is 4.60. The summed E-state index contributed by atoms with van der Waals surface area (Å²) in [6, 6.07) is 6.23. The van der Waals surface area contributed by atoms with Gasteiger partial charge in [0.2, 0.25) is 0 Å². The lowest BCUT2D eigenvalue weighted by Gasteiger charge is -2.03. The number of hydrogen-bond donors (Lipinski definition) is 1. The van der Waals surface area contributed by atoms with Crippen molar-refractivity contribution >= 4 is 0 Å². The van der Waals surface area contributed by atoms with Crippen LogP contribution < -0.4 is 0 Å². The molecule has 0 saturated heterocycles. The smallest absolute Gasteiger partial charge is 0.140 e. The van der Waals surface area contributed by atoms with Crippen molar-refractivity contribution in [2.45, 2.75) is 6.61 Å². The van der Waals surface area contributed by atoms with E-state index in [1.165, 1.54) is 12.1 Å². The molecule has 1 aromatic carbocycles. The van der Waals surface area contributed by atoms with Crippen LogP contribution in [0.4, 0.5) is 4.39 Å². The van der Waals surface area contributed by atoms with Gasteiger partial charge in [0.1, 0.15) is 11.6 Å². The molecule has 0 bridgehead atoms. The molecule has 2 aromatic rings. The van der Waals surface area contributed by atoms with E-state index in [4.69, 9.17) is 5.11 Å². The SMILES string of the molecule is Cn1c(CO)cnc1-c1cccc(F)c1. The molecule has 0 aliphatic heterocycles. The van der Waals surface area contributed by atoms with Gasteiger partial charge in [-0.1, -0.05) is 12.1 Å². The fourth-order valence-electron chi connectivity index (χ4n) is 1.49. The Kier molecular flexibility index (Phi) is 2.51. The van der Waals surface area contributed by atoms with E-state index >= 15 is 0 Å². The Labute approximate surface area is 86.8 Å². The summed E-state index contributed by atoms with van der Waals surface area (Å²) in [7, 11) is 1.79. The third-order valence-electron chi connectivity index (χ3n) is 2.33. The fraction of sp³-hybridized carbons (Fsp3) is 0.182. The van der Waals surface area contributed by atoms with Crippen molar-refractivity contribution in [2.75, 3.05) is 0 Å². The molecule has 78 valence electrons. The van der Waals surface area contributed by atoms with Crippen LogP contribution in [-0.2, 0) is 13.7 Å². The van der Waals surface area contributed by atoms with Gasteiger partial charge in [-0.15, -0.1) is 0 Å². The van der Waals surface area contributed by atoms with Crippen LogP contribution in [0.1, 0.15) is 5.69 Å². The zero-order valence-corrected chi connectivity index (χ0v) is 8.31. The average Bonchev–Trinajstić information content (AvgIpc) is 2.59. The number of imidazole rings is 1. The van der Waals surface area contributed by atoms with Crippen molar-refractivity contribution in [1.82, 2.24) is 9.55 Å². The minimum atomic E-state index is -0.291. The average molecular weight is 206 g/mol. The standard InChI is InChI=1S/C11H11FN2O/c1-14-10(7-15)6-13-11(14)8-3-2-4-9(12)5-8/h2-6,15H,7H2,1H3. The number of aromatic nitrogens is 2. The molecule has 0 radical (unpaired) electrons. The molecule has 3 nitrogen and oxygen atoms in total. The Morgan fingerprint density at radius 2 is 2.27 bits per heavy atom. The zero-order valence-electron chi connectivity index (χ0n) is 8.31. The van der Waals surface area contributed by atoms with Gasteiger partial charge in [-0.2, -0.15) is 0 Å². The van der Waals surface area contributed by atoms with Gasteiger partial charge in [0.15, 0.2) is 0 Å². The highest BCUT2D eigenvalue weighted by atomic mass is 19.1. The summed E-state index contributed by atoms with van der Waals surface area (Å²) in [5.74, 6) is 0.361. The lowest BCUT2D eigenvalue weighted by atomic mass is 10.2. The molecule has 0 spiro atoms. The first kappa shape index (κ1) is 9.86. The maximum absolute atomic E-state index is 13.0. The van der Waals surface area contributed by atoms with Gasteiger partial charge in [0.25, 0.3) is 0 Å². The largest absolute Gasteiger partial charge is 0.390 e. The second kappa shape index (κ2) is 3.82. The van der Waals surface area contributed by atoms with E-state index in [9.17, 15) is 4.39 Å². The molecule has 1 N–H and O–H groups in total. The second-order valence-corrected chi connectivity index (χ2v) is 3.30. The van der Waals surface area contributed by atoms with Gasteiger partial charge in [0, 0.05) is 12.6 Å². The van der Waals surface area contributed by atoms with Crippen molar-refractivity contribution in [3.05, 3.63) is 42.0 Å². The first-order chi connectivity index (χ1) is 7.22. The number of rotatable bonds is 2. The molecular weight excluding hydrogens is 195 g/mol. The van der Waals surface area contributed by atoms with Gasteiger partial charge >= 0.3 is 0 Å². The van der Waals surface area contributed by atoms with E-state index in [2.05, 4.69) is 4.98 Å². The number of aliphatic hydroxyl groups excluding tert-OH is 1. The van der Waals surface area contributed by atoms with E-state index in [-0.39, 0.29) is 12.4 Å². The maximum atomic E-state index is 13.0. The summed E-state index contributed by atoms with van der Waals surface area (Å²) in [4.78, 5) is 4.13. The predicted molar refractivity (Wildman–Crippen MR) is 54.5 cm³/mol. The van der Waals surface area contributed by atoms with E-state index in [0.29, 0.717) is 17.1 Å². The Bertz CT molecular complexity index is 479. The van der Waals surface area contributed by atoms with Crippen LogP contribution in [0.3, 0.4) is 0 Å². The summed E-state index contributed by atoms with van der Waals surface area (Å²) in [5.41, 5.74) is 1.41. The highest BCUT2D eigenvalue weighted by Gasteiger charge is 2.08. The number of benzene rings is 1. The summed E-state index contributed by atoms with van der Waals surface area (Å²) in [6.45, 7) is -0.0706. The molecule has 1 aromatic heterocycles. The molecule has 0 aliphatic carbocycles. The molecule has 1 heterocycles. The van der Waals surface area contributed by atoms with E-state index in [1.54, 1.807) is 29.9 Å². The molecular formula is C11H11FN2O. The van der Waals surface area contributed by atoms with Crippen LogP contribution in [0, 0.1) is 5.82 Å². The Morgan fingerprint density at radius 1 is 1.47 bits per heavy atom. The van der Waals surface area contributed by atoms with Gasteiger partial charge in [0.05, 0.1) is 18.5 Å². The van der Waals surface area contributed by atoms with Gasteiger partial charge in [-0.3, -0.25) is 0 Å². The number of hydrogen-bond acceptors (Lipinski definition) is 2. The summed E-state index contributed by atoms with van der Waals surface area (Å²) >= 11 is 0. The second-order valence-electron chi connectivity index (χ2n) is 3.30. The third-order valence-corrected chi connectivity index (χ3v) is 2.33. The van der Waals surface area contributed by atoms with Crippen LogP contribution in [-0.4, -0.2) is 14.7 Å². The summed E-state index contributed by atoms with van der Waals surface area (Å²) in [5, 5.41) is 9.00. The summed E-state index contributed by atoms with van der Waals surface area (Å²) < 4.78 is 14.7. The fourth-order valence-corrected chi connectivity index (χ4v) is 1.49. The van der Waals surface area contributed by atoms with Gasteiger partial charge in [-0.25, -0.2) is 9.37 Å². The Hall–Kier alpha value is -1.68. The molecule has 0 saturated carbocycles. The number of aliphatic hydroxyl groups is 1. The molecule has 0 atom stereocenters. The van der Waals surface area contributed by atoms with Gasteiger partial charge in [-0.05, 0) is 12.1 Å². The molecule has 0 amide bonds. The van der Waals surface area contributed by atoms with Crippen LogP contribution in [0.5, 0.6) is 0 Å². The molecule has 0 unspecified atom stereocenters. The monoisotopic (exact) mass is 206 g/mol. The maximum Gasteiger partial charge on any atom is 0.140 e. The number of nitrogens with zero attached hydrogens (tertiary/aromatic N) is 2. The van der Waals surface area contributed by atoms with Crippen LogP contribution in [0.25, 0.3) is 11.4 Å². The number of halogens is 1. The third kappa shape index (κ3) is 1.76. The van der Waals surface area contributed by atoms with Crippen molar-refractivity contribution in [1.29, 1.82) is 0 Å². The lowest BCUT2D eigenvalue weighted by molar-refractivity contribution is 0.273. The molecule has 4 heteroatoms. The van der Waals surface area contributed by atoms with Crippen LogP contribution in [0.15, 0.2) is 30.5 Å². The molecule has 0 aliphatic rings. The van der Waals surface area contributed by atoms with Gasteiger partial charge < -0.3 is 9.67 Å². The molecule has 2 rings (SSSR count). The highest BCUT2D eigenvalue weighted by molar-refractivity contribution is 5.55. The van der Waals surface area contributed by atoms with Crippen molar-refractivity contribution < 1.29 is 9.50 Å². The predicted octanol–water partition coefficient (Wildman–Crippen LogP) is 1.72. The van der Waals surface area contributed by atoms with Crippen LogP contribution >= 0.6 is 0 Å². The van der Waals surface area contributed by atoms with Crippen molar-refractivity contribution in [3.63, 3.8) is 0 Å². The minimum Gasteiger partial charge on any atom is -0.390 e. The normalized spacial score (nSPS) is 10.6. The van der Waals surface area contributed by atoms with E-state index < -0.39 is 0 Å².